The fraction of sp³-hybridized carbons (Fsp3) is 0.190. The minimum Gasteiger partial charge on any atom is -0.497 e. The van der Waals surface area contributed by atoms with Gasteiger partial charge in [0.15, 0.2) is 4.80 Å². The maximum atomic E-state index is 13.3. The number of esters is 1. The molecule has 0 N–H and O–H groups in total. The number of fused-ring (bicyclic) bond motifs is 1. The van der Waals surface area contributed by atoms with Gasteiger partial charge in [0, 0.05) is 4.88 Å². The van der Waals surface area contributed by atoms with E-state index < -0.39 is 12.0 Å². The molecule has 0 bridgehead atoms. The van der Waals surface area contributed by atoms with Gasteiger partial charge in [0.25, 0.3) is 5.56 Å². The van der Waals surface area contributed by atoms with Gasteiger partial charge in [-0.15, -0.1) is 11.3 Å². The fourth-order valence-corrected chi connectivity index (χ4v) is 5.07. The average molecular weight is 427 g/mol. The summed E-state index contributed by atoms with van der Waals surface area (Å²) in [5, 5.41) is 1.96. The molecule has 0 unspecified atom stereocenters. The second kappa shape index (κ2) is 7.81. The first-order chi connectivity index (χ1) is 14.0. The molecule has 0 saturated heterocycles. The number of ether oxygens (including phenoxy) is 2. The van der Waals surface area contributed by atoms with E-state index in [1.165, 1.54) is 18.4 Å². The molecule has 0 radical (unpaired) electrons. The number of carbonyl (C=O) groups excluding carboxylic acids is 1. The number of aromatic nitrogens is 1. The third-order valence-corrected chi connectivity index (χ3v) is 6.48. The number of methoxy groups -OCH3 is 2. The van der Waals surface area contributed by atoms with E-state index in [0.717, 1.165) is 10.4 Å². The smallest absolute Gasteiger partial charge is 0.338 e. The lowest BCUT2D eigenvalue weighted by Gasteiger charge is -2.24. The molecule has 6 nitrogen and oxygen atoms in total. The Bertz CT molecular complexity index is 1270. The highest BCUT2D eigenvalue weighted by atomic mass is 32.1. The number of carbonyl (C=O) groups is 1. The van der Waals surface area contributed by atoms with Crippen LogP contribution in [-0.2, 0) is 9.53 Å². The van der Waals surface area contributed by atoms with Gasteiger partial charge in [0.05, 0.1) is 36.1 Å². The zero-order valence-electron chi connectivity index (χ0n) is 16.0. The fourth-order valence-electron chi connectivity index (χ4n) is 3.30. The number of hydrogen-bond donors (Lipinski definition) is 0. The first-order valence-electron chi connectivity index (χ1n) is 8.82. The summed E-state index contributed by atoms with van der Waals surface area (Å²) in [6.07, 6.45) is 1.86. The monoisotopic (exact) mass is 426 g/mol. The Hall–Kier alpha value is -2.97. The van der Waals surface area contributed by atoms with Crippen molar-refractivity contribution in [1.82, 2.24) is 4.57 Å². The van der Waals surface area contributed by atoms with Crippen LogP contribution in [-0.4, -0.2) is 24.8 Å². The Morgan fingerprint density at radius 2 is 1.97 bits per heavy atom. The zero-order chi connectivity index (χ0) is 20.5. The van der Waals surface area contributed by atoms with Crippen molar-refractivity contribution in [2.24, 2.45) is 4.99 Å². The Kier molecular flexibility index (Phi) is 5.21. The van der Waals surface area contributed by atoms with Crippen LogP contribution in [0.3, 0.4) is 0 Å². The molecule has 3 heterocycles. The van der Waals surface area contributed by atoms with Crippen LogP contribution in [0.15, 0.2) is 62.8 Å². The van der Waals surface area contributed by atoms with Crippen molar-refractivity contribution in [2.45, 2.75) is 13.0 Å². The molecule has 29 heavy (non-hydrogen) atoms. The molecule has 1 aliphatic heterocycles. The molecular formula is C21H18N2O4S2. The third kappa shape index (κ3) is 3.45. The van der Waals surface area contributed by atoms with Crippen molar-refractivity contribution < 1.29 is 14.3 Å². The van der Waals surface area contributed by atoms with Gasteiger partial charge in [0.1, 0.15) is 5.75 Å². The average Bonchev–Trinajstić information content (AvgIpc) is 3.35. The van der Waals surface area contributed by atoms with Crippen LogP contribution in [0.2, 0.25) is 0 Å². The van der Waals surface area contributed by atoms with E-state index in [9.17, 15) is 9.59 Å². The van der Waals surface area contributed by atoms with E-state index in [1.54, 1.807) is 42.1 Å². The molecule has 0 amide bonds. The van der Waals surface area contributed by atoms with Crippen molar-refractivity contribution in [3.05, 3.63) is 83.2 Å². The van der Waals surface area contributed by atoms with Crippen LogP contribution < -0.4 is 19.6 Å². The van der Waals surface area contributed by atoms with Crippen LogP contribution in [0.1, 0.15) is 23.4 Å². The maximum Gasteiger partial charge on any atom is 0.338 e. The van der Waals surface area contributed by atoms with Gasteiger partial charge in [-0.1, -0.05) is 29.5 Å². The normalized spacial score (nSPS) is 16.4. The number of benzene rings is 1. The van der Waals surface area contributed by atoms with Gasteiger partial charge in [0.2, 0.25) is 0 Å². The summed E-state index contributed by atoms with van der Waals surface area (Å²) < 4.78 is 12.4. The Balaban J connectivity index is 1.97. The number of allylic oxidation sites excluding steroid dienone is 1. The lowest BCUT2D eigenvalue weighted by Crippen LogP contribution is -2.39. The molecule has 2 aromatic heterocycles. The summed E-state index contributed by atoms with van der Waals surface area (Å²) in [4.78, 5) is 32.0. The first kappa shape index (κ1) is 19.4. The van der Waals surface area contributed by atoms with E-state index >= 15 is 0 Å². The highest BCUT2D eigenvalue weighted by Crippen LogP contribution is 2.31. The van der Waals surface area contributed by atoms with Crippen molar-refractivity contribution in [1.29, 1.82) is 0 Å². The predicted octanol–water partition coefficient (Wildman–Crippen LogP) is 2.48. The lowest BCUT2D eigenvalue weighted by atomic mass is 9.96. The van der Waals surface area contributed by atoms with Gasteiger partial charge < -0.3 is 9.47 Å². The summed E-state index contributed by atoms with van der Waals surface area (Å²) in [5.41, 5.74) is 1.50. The Morgan fingerprint density at radius 1 is 1.21 bits per heavy atom. The molecule has 0 spiro atoms. The number of nitrogens with zero attached hydrogens (tertiary/aromatic N) is 2. The molecule has 1 atom stereocenters. The second-order valence-corrected chi connectivity index (χ2v) is 8.35. The summed E-state index contributed by atoms with van der Waals surface area (Å²) >= 11 is 2.87. The van der Waals surface area contributed by atoms with E-state index in [-0.39, 0.29) is 5.56 Å². The van der Waals surface area contributed by atoms with E-state index in [4.69, 9.17) is 9.47 Å². The molecule has 0 aliphatic carbocycles. The molecule has 148 valence electrons. The summed E-state index contributed by atoms with van der Waals surface area (Å²) in [6, 6.07) is 10.6. The van der Waals surface area contributed by atoms with Crippen molar-refractivity contribution >= 4 is 34.7 Å². The van der Waals surface area contributed by atoms with E-state index in [1.807, 2.05) is 35.7 Å². The first-order valence-corrected chi connectivity index (χ1v) is 10.5. The largest absolute Gasteiger partial charge is 0.497 e. The van der Waals surface area contributed by atoms with Crippen LogP contribution in [0, 0.1) is 0 Å². The van der Waals surface area contributed by atoms with Gasteiger partial charge in [-0.05, 0) is 42.1 Å². The molecule has 3 aromatic rings. The third-order valence-electron chi connectivity index (χ3n) is 4.68. The topological polar surface area (TPSA) is 69.9 Å². The van der Waals surface area contributed by atoms with Crippen LogP contribution in [0.4, 0.5) is 0 Å². The zero-order valence-corrected chi connectivity index (χ0v) is 17.7. The quantitative estimate of drug-likeness (QED) is 0.601. The van der Waals surface area contributed by atoms with Gasteiger partial charge in [-0.25, -0.2) is 9.79 Å². The van der Waals surface area contributed by atoms with Gasteiger partial charge in [-0.3, -0.25) is 9.36 Å². The Labute approximate surface area is 174 Å². The van der Waals surface area contributed by atoms with Crippen LogP contribution in [0.25, 0.3) is 6.08 Å². The van der Waals surface area contributed by atoms with E-state index in [2.05, 4.69) is 4.99 Å². The van der Waals surface area contributed by atoms with Crippen molar-refractivity contribution in [2.75, 3.05) is 14.2 Å². The minimum atomic E-state index is -0.616. The predicted molar refractivity (Wildman–Crippen MR) is 113 cm³/mol. The molecule has 0 saturated carbocycles. The molecule has 4 rings (SSSR count). The number of thiophene rings is 1. The number of thiazole rings is 1. The molecule has 1 aliphatic rings. The van der Waals surface area contributed by atoms with Crippen molar-refractivity contribution in [3.8, 4) is 5.75 Å². The second-order valence-electron chi connectivity index (χ2n) is 6.36. The standard InChI is InChI=1S/C21H18N2O4S2/c1-12-17(20(25)27-3)18(13-6-8-14(26-2)9-7-13)23-19(24)16(29-21(23)22-12)11-15-5-4-10-28-15/h4-11,18H,1-3H3/b16-11+/t18-/m0/s1. The summed E-state index contributed by atoms with van der Waals surface area (Å²) in [6.45, 7) is 1.76. The van der Waals surface area contributed by atoms with E-state index in [0.29, 0.717) is 26.4 Å². The number of hydrogen-bond acceptors (Lipinski definition) is 7. The van der Waals surface area contributed by atoms with Gasteiger partial charge >= 0.3 is 5.97 Å². The van der Waals surface area contributed by atoms with Crippen molar-refractivity contribution in [3.63, 3.8) is 0 Å². The molecule has 0 fully saturated rings. The molecular weight excluding hydrogens is 408 g/mol. The molecule has 1 aromatic carbocycles. The highest BCUT2D eigenvalue weighted by molar-refractivity contribution is 7.11. The summed E-state index contributed by atoms with van der Waals surface area (Å²) in [5.74, 6) is 0.193. The minimum absolute atomic E-state index is 0.183. The SMILES string of the molecule is COC(=O)C1=C(C)N=c2s/c(=C/c3cccs3)c(=O)n2[C@H]1c1ccc(OC)cc1. The highest BCUT2D eigenvalue weighted by Gasteiger charge is 2.33. The molecule has 8 heteroatoms. The number of rotatable bonds is 4. The van der Waals surface area contributed by atoms with Crippen LogP contribution >= 0.6 is 22.7 Å². The van der Waals surface area contributed by atoms with Gasteiger partial charge in [-0.2, -0.15) is 0 Å². The lowest BCUT2D eigenvalue weighted by molar-refractivity contribution is -0.136. The summed E-state index contributed by atoms with van der Waals surface area (Å²) in [7, 11) is 2.92. The van der Waals surface area contributed by atoms with Crippen LogP contribution in [0.5, 0.6) is 5.75 Å². The Morgan fingerprint density at radius 3 is 2.59 bits per heavy atom. The maximum absolute atomic E-state index is 13.3.